The molecule has 0 aromatic carbocycles. The highest BCUT2D eigenvalue weighted by atomic mass is 79.9. The molecule has 1 fully saturated rings. The SMILES string of the molecule is Cc1ccnc(N2CCN(C(=O)OC(C)(C)C)C(C)C2)c1Br. The van der Waals surface area contributed by atoms with E-state index in [2.05, 4.69) is 32.7 Å². The van der Waals surface area contributed by atoms with Gasteiger partial charge in [0.15, 0.2) is 0 Å². The van der Waals surface area contributed by atoms with E-state index in [1.165, 1.54) is 0 Å². The fraction of sp³-hybridized carbons (Fsp3) is 0.625. The first-order chi connectivity index (χ1) is 10.2. The topological polar surface area (TPSA) is 45.7 Å². The molecule has 1 aromatic rings. The molecule has 1 saturated heterocycles. The number of rotatable bonds is 1. The Balaban J connectivity index is 2.07. The largest absolute Gasteiger partial charge is 0.444 e. The predicted molar refractivity (Wildman–Crippen MR) is 91.3 cm³/mol. The average Bonchev–Trinajstić information content (AvgIpc) is 2.39. The van der Waals surface area contributed by atoms with Crippen LogP contribution in [0, 0.1) is 6.92 Å². The van der Waals surface area contributed by atoms with Gasteiger partial charge in [0.2, 0.25) is 0 Å². The van der Waals surface area contributed by atoms with Crippen molar-refractivity contribution in [3.8, 4) is 0 Å². The van der Waals surface area contributed by atoms with Crippen LogP contribution in [0.15, 0.2) is 16.7 Å². The number of ether oxygens (including phenoxy) is 1. The van der Waals surface area contributed by atoms with Crippen molar-refractivity contribution in [2.24, 2.45) is 0 Å². The number of hydrogen-bond donors (Lipinski definition) is 0. The van der Waals surface area contributed by atoms with Crippen LogP contribution in [0.3, 0.4) is 0 Å². The van der Waals surface area contributed by atoms with E-state index in [0.717, 1.165) is 28.9 Å². The lowest BCUT2D eigenvalue weighted by molar-refractivity contribution is 0.0158. The Morgan fingerprint density at radius 1 is 1.41 bits per heavy atom. The highest BCUT2D eigenvalue weighted by Gasteiger charge is 2.31. The molecule has 122 valence electrons. The molecular formula is C16H24BrN3O2. The number of halogens is 1. The van der Waals surface area contributed by atoms with E-state index in [-0.39, 0.29) is 12.1 Å². The maximum atomic E-state index is 12.2. The Morgan fingerprint density at radius 2 is 2.09 bits per heavy atom. The fourth-order valence-electron chi connectivity index (χ4n) is 2.49. The van der Waals surface area contributed by atoms with Crippen molar-refractivity contribution in [2.45, 2.75) is 46.3 Å². The highest BCUT2D eigenvalue weighted by Crippen LogP contribution is 2.28. The number of carbonyl (C=O) groups excluding carboxylic acids is 1. The van der Waals surface area contributed by atoms with Crippen molar-refractivity contribution in [1.82, 2.24) is 9.88 Å². The van der Waals surface area contributed by atoms with E-state index >= 15 is 0 Å². The summed E-state index contributed by atoms with van der Waals surface area (Å²) < 4.78 is 6.50. The summed E-state index contributed by atoms with van der Waals surface area (Å²) in [6, 6.07) is 2.06. The van der Waals surface area contributed by atoms with Gasteiger partial charge in [-0.05, 0) is 62.2 Å². The smallest absolute Gasteiger partial charge is 0.410 e. The summed E-state index contributed by atoms with van der Waals surface area (Å²) in [6.07, 6.45) is 1.58. The molecule has 1 aliphatic rings. The maximum absolute atomic E-state index is 12.2. The first-order valence-corrected chi connectivity index (χ1v) is 8.34. The molecule has 1 aliphatic heterocycles. The zero-order valence-corrected chi connectivity index (χ0v) is 15.5. The minimum Gasteiger partial charge on any atom is -0.444 e. The van der Waals surface area contributed by atoms with Crippen LogP contribution in [0.1, 0.15) is 33.3 Å². The summed E-state index contributed by atoms with van der Waals surface area (Å²) in [5, 5.41) is 0. The molecule has 1 aromatic heterocycles. The van der Waals surface area contributed by atoms with Crippen molar-refractivity contribution in [2.75, 3.05) is 24.5 Å². The van der Waals surface area contributed by atoms with Gasteiger partial charge in [0, 0.05) is 31.9 Å². The Kier molecular flexibility index (Phi) is 5.00. The van der Waals surface area contributed by atoms with Gasteiger partial charge in [0.05, 0.1) is 4.47 Å². The number of anilines is 1. The minimum absolute atomic E-state index is 0.0813. The molecule has 5 nitrogen and oxygen atoms in total. The lowest BCUT2D eigenvalue weighted by Crippen LogP contribution is -2.55. The average molecular weight is 370 g/mol. The second-order valence-corrected chi connectivity index (χ2v) is 7.53. The van der Waals surface area contributed by atoms with E-state index in [1.54, 1.807) is 4.90 Å². The van der Waals surface area contributed by atoms with Crippen LogP contribution in [0.5, 0.6) is 0 Å². The van der Waals surface area contributed by atoms with Gasteiger partial charge in [-0.2, -0.15) is 0 Å². The first kappa shape index (κ1) is 17.1. The molecule has 0 radical (unpaired) electrons. The molecule has 0 aliphatic carbocycles. The van der Waals surface area contributed by atoms with Crippen LogP contribution in [-0.2, 0) is 4.74 Å². The van der Waals surface area contributed by atoms with Crippen molar-refractivity contribution >= 4 is 27.8 Å². The van der Waals surface area contributed by atoms with E-state index in [4.69, 9.17) is 4.74 Å². The molecule has 6 heteroatoms. The van der Waals surface area contributed by atoms with Gasteiger partial charge in [-0.3, -0.25) is 0 Å². The van der Waals surface area contributed by atoms with Crippen molar-refractivity contribution in [3.05, 3.63) is 22.3 Å². The van der Waals surface area contributed by atoms with Gasteiger partial charge in [-0.15, -0.1) is 0 Å². The van der Waals surface area contributed by atoms with Crippen LogP contribution < -0.4 is 4.90 Å². The third kappa shape index (κ3) is 3.91. The molecule has 2 rings (SSSR count). The lowest BCUT2D eigenvalue weighted by atomic mass is 10.2. The van der Waals surface area contributed by atoms with Gasteiger partial charge >= 0.3 is 6.09 Å². The summed E-state index contributed by atoms with van der Waals surface area (Å²) in [4.78, 5) is 20.7. The molecular weight excluding hydrogens is 346 g/mol. The fourth-order valence-corrected chi connectivity index (χ4v) is 2.97. The predicted octanol–water partition coefficient (Wildman–Crippen LogP) is 3.60. The number of pyridine rings is 1. The van der Waals surface area contributed by atoms with Gasteiger partial charge < -0.3 is 14.5 Å². The second kappa shape index (κ2) is 6.44. The Hall–Kier alpha value is -1.30. The van der Waals surface area contributed by atoms with Crippen molar-refractivity contribution in [3.63, 3.8) is 0 Å². The molecule has 0 spiro atoms. The standard InChI is InChI=1S/C16H24BrN3O2/c1-11-6-7-18-14(13(11)17)19-8-9-20(12(2)10-19)15(21)22-16(3,4)5/h6-7,12H,8-10H2,1-5H3. The van der Waals surface area contributed by atoms with Crippen molar-refractivity contribution < 1.29 is 9.53 Å². The summed E-state index contributed by atoms with van der Waals surface area (Å²) in [5.74, 6) is 0.940. The number of nitrogens with zero attached hydrogens (tertiary/aromatic N) is 3. The van der Waals surface area contributed by atoms with Gasteiger partial charge in [0.1, 0.15) is 11.4 Å². The third-order valence-corrected chi connectivity index (χ3v) is 4.60. The number of aromatic nitrogens is 1. The zero-order valence-electron chi connectivity index (χ0n) is 13.9. The Labute approximate surface area is 140 Å². The van der Waals surface area contributed by atoms with E-state index < -0.39 is 5.60 Å². The number of amides is 1. The highest BCUT2D eigenvalue weighted by molar-refractivity contribution is 9.10. The summed E-state index contributed by atoms with van der Waals surface area (Å²) in [7, 11) is 0. The van der Waals surface area contributed by atoms with Gasteiger partial charge in [0.25, 0.3) is 0 Å². The van der Waals surface area contributed by atoms with Crippen LogP contribution in [0.25, 0.3) is 0 Å². The van der Waals surface area contributed by atoms with E-state index in [1.807, 2.05) is 40.0 Å². The van der Waals surface area contributed by atoms with Gasteiger partial charge in [-0.25, -0.2) is 9.78 Å². The van der Waals surface area contributed by atoms with Crippen molar-refractivity contribution in [1.29, 1.82) is 0 Å². The van der Waals surface area contributed by atoms with E-state index in [0.29, 0.717) is 6.54 Å². The summed E-state index contributed by atoms with van der Waals surface area (Å²) in [5.41, 5.74) is 0.696. The summed E-state index contributed by atoms with van der Waals surface area (Å²) >= 11 is 3.61. The Morgan fingerprint density at radius 3 is 2.68 bits per heavy atom. The van der Waals surface area contributed by atoms with Crippen LogP contribution >= 0.6 is 15.9 Å². The molecule has 1 atom stereocenters. The zero-order chi connectivity index (χ0) is 16.5. The number of carbonyl (C=O) groups is 1. The molecule has 1 unspecified atom stereocenters. The minimum atomic E-state index is -0.463. The van der Waals surface area contributed by atoms with Crippen LogP contribution in [0.2, 0.25) is 0 Å². The molecule has 2 heterocycles. The molecule has 0 bridgehead atoms. The number of aryl methyl sites for hydroxylation is 1. The van der Waals surface area contributed by atoms with Gasteiger partial charge in [-0.1, -0.05) is 0 Å². The first-order valence-electron chi connectivity index (χ1n) is 7.54. The quantitative estimate of drug-likeness (QED) is 0.758. The third-order valence-electron chi connectivity index (χ3n) is 3.62. The van der Waals surface area contributed by atoms with Crippen LogP contribution in [0.4, 0.5) is 10.6 Å². The molecule has 0 saturated carbocycles. The van der Waals surface area contributed by atoms with E-state index in [9.17, 15) is 4.79 Å². The molecule has 22 heavy (non-hydrogen) atoms. The van der Waals surface area contributed by atoms with Crippen LogP contribution in [-0.4, -0.2) is 47.3 Å². The maximum Gasteiger partial charge on any atom is 0.410 e. The molecule has 1 amide bonds. The monoisotopic (exact) mass is 369 g/mol. The normalized spacial score (nSPS) is 19.3. The summed E-state index contributed by atoms with van der Waals surface area (Å²) in [6.45, 7) is 11.9. The Bertz CT molecular complexity index is 557. The second-order valence-electron chi connectivity index (χ2n) is 6.73. The number of hydrogen-bond acceptors (Lipinski definition) is 4. The molecule has 0 N–H and O–H groups in total. The number of piperazine rings is 1. The lowest BCUT2D eigenvalue weighted by Gasteiger charge is -2.41.